The van der Waals surface area contributed by atoms with Gasteiger partial charge in [-0.3, -0.25) is 4.68 Å². The van der Waals surface area contributed by atoms with Crippen molar-refractivity contribution in [2.45, 2.75) is 13.5 Å². The Labute approximate surface area is 104 Å². The summed E-state index contributed by atoms with van der Waals surface area (Å²) in [6.07, 6.45) is 1.85. The Kier molecular flexibility index (Phi) is 2.56. The highest BCUT2D eigenvalue weighted by molar-refractivity contribution is 5.81. The van der Waals surface area contributed by atoms with Crippen LogP contribution in [-0.4, -0.2) is 31.5 Å². The summed E-state index contributed by atoms with van der Waals surface area (Å²) >= 11 is 0. The first-order chi connectivity index (χ1) is 8.78. The molecule has 0 spiro atoms. The fraction of sp³-hybridized carbons (Fsp3) is 0.250. The normalized spacial score (nSPS) is 11.2. The molecule has 3 rings (SSSR count). The fourth-order valence-corrected chi connectivity index (χ4v) is 1.95. The number of H-pyrrole nitrogens is 1. The van der Waals surface area contributed by atoms with Gasteiger partial charge in [0.1, 0.15) is 5.69 Å². The molecule has 0 atom stereocenters. The SMILES string of the molecule is Cc1cccc2[nH]c(-c3cn(CCN)nn3)nc12. The predicted octanol–water partition coefficient (Wildman–Crippen LogP) is 1.09. The van der Waals surface area contributed by atoms with E-state index in [1.807, 2.05) is 31.3 Å². The number of hydrogen-bond acceptors (Lipinski definition) is 4. The van der Waals surface area contributed by atoms with E-state index in [0.717, 1.165) is 28.1 Å². The molecular weight excluding hydrogens is 228 g/mol. The number of aromatic nitrogens is 5. The molecule has 0 bridgehead atoms. The number of rotatable bonds is 3. The summed E-state index contributed by atoms with van der Waals surface area (Å²) in [6.45, 7) is 3.24. The molecule has 0 fully saturated rings. The minimum Gasteiger partial charge on any atom is -0.337 e. The number of imidazole rings is 1. The van der Waals surface area contributed by atoms with Gasteiger partial charge in [0.05, 0.1) is 23.8 Å². The minimum absolute atomic E-state index is 0.544. The maximum Gasteiger partial charge on any atom is 0.160 e. The average Bonchev–Trinajstić information content (AvgIpc) is 2.96. The van der Waals surface area contributed by atoms with Crippen molar-refractivity contribution >= 4 is 11.0 Å². The highest BCUT2D eigenvalue weighted by atomic mass is 15.4. The van der Waals surface area contributed by atoms with E-state index in [4.69, 9.17) is 5.73 Å². The lowest BCUT2D eigenvalue weighted by atomic mass is 10.2. The predicted molar refractivity (Wildman–Crippen MR) is 68.9 cm³/mol. The van der Waals surface area contributed by atoms with Crippen LogP contribution < -0.4 is 5.73 Å². The zero-order chi connectivity index (χ0) is 12.5. The maximum absolute atomic E-state index is 5.48. The number of fused-ring (bicyclic) bond motifs is 1. The summed E-state index contributed by atoms with van der Waals surface area (Å²) in [7, 11) is 0. The molecule has 6 heteroatoms. The molecule has 92 valence electrons. The smallest absolute Gasteiger partial charge is 0.160 e. The number of benzene rings is 1. The Morgan fingerprint density at radius 1 is 1.39 bits per heavy atom. The summed E-state index contributed by atoms with van der Waals surface area (Å²) in [5, 5.41) is 8.10. The number of hydrogen-bond donors (Lipinski definition) is 2. The molecule has 3 aromatic rings. The van der Waals surface area contributed by atoms with Crippen molar-refractivity contribution in [2.75, 3.05) is 6.54 Å². The summed E-state index contributed by atoms with van der Waals surface area (Å²) in [5.74, 6) is 0.738. The summed E-state index contributed by atoms with van der Waals surface area (Å²) in [5.41, 5.74) is 9.34. The Hall–Kier alpha value is -2.21. The largest absolute Gasteiger partial charge is 0.337 e. The van der Waals surface area contributed by atoms with E-state index in [1.54, 1.807) is 4.68 Å². The molecule has 0 saturated heterocycles. The number of nitrogens with two attached hydrogens (primary N) is 1. The van der Waals surface area contributed by atoms with Crippen molar-refractivity contribution in [1.29, 1.82) is 0 Å². The lowest BCUT2D eigenvalue weighted by Gasteiger charge is -1.92. The van der Waals surface area contributed by atoms with Crippen LogP contribution in [0.4, 0.5) is 0 Å². The first kappa shape index (κ1) is 10.9. The molecule has 0 unspecified atom stereocenters. The molecule has 0 radical (unpaired) electrons. The molecule has 3 N–H and O–H groups in total. The van der Waals surface area contributed by atoms with Gasteiger partial charge >= 0.3 is 0 Å². The van der Waals surface area contributed by atoms with Gasteiger partial charge in [-0.05, 0) is 18.6 Å². The van der Waals surface area contributed by atoms with Crippen molar-refractivity contribution < 1.29 is 0 Å². The standard InChI is InChI=1S/C12H14N6/c1-8-3-2-4-9-11(8)15-12(14-9)10-7-18(6-5-13)17-16-10/h2-4,7H,5-6,13H2,1H3,(H,14,15). The second-order valence-electron chi connectivity index (χ2n) is 4.21. The number of aromatic amines is 1. The zero-order valence-corrected chi connectivity index (χ0v) is 10.1. The van der Waals surface area contributed by atoms with Crippen LogP contribution in [0.3, 0.4) is 0 Å². The Morgan fingerprint density at radius 3 is 3.06 bits per heavy atom. The number of para-hydroxylation sites is 1. The molecular formula is C12H14N6. The van der Waals surface area contributed by atoms with Gasteiger partial charge in [-0.2, -0.15) is 0 Å². The lowest BCUT2D eigenvalue weighted by molar-refractivity contribution is 0.598. The van der Waals surface area contributed by atoms with Gasteiger partial charge in [-0.1, -0.05) is 17.3 Å². The minimum atomic E-state index is 0.544. The summed E-state index contributed by atoms with van der Waals surface area (Å²) in [6, 6.07) is 6.05. The second kappa shape index (κ2) is 4.23. The summed E-state index contributed by atoms with van der Waals surface area (Å²) < 4.78 is 1.72. The van der Waals surface area contributed by atoms with E-state index in [0.29, 0.717) is 13.1 Å². The Balaban J connectivity index is 2.05. The molecule has 0 aliphatic heterocycles. The third-order valence-electron chi connectivity index (χ3n) is 2.85. The van der Waals surface area contributed by atoms with E-state index >= 15 is 0 Å². The van der Waals surface area contributed by atoms with Crippen LogP contribution in [0.25, 0.3) is 22.6 Å². The van der Waals surface area contributed by atoms with Gasteiger partial charge in [0.2, 0.25) is 0 Å². The maximum atomic E-state index is 5.48. The molecule has 2 aromatic heterocycles. The van der Waals surface area contributed by atoms with Crippen molar-refractivity contribution in [3.63, 3.8) is 0 Å². The first-order valence-electron chi connectivity index (χ1n) is 5.84. The van der Waals surface area contributed by atoms with E-state index < -0.39 is 0 Å². The third kappa shape index (κ3) is 1.76. The van der Waals surface area contributed by atoms with Gasteiger partial charge in [0.15, 0.2) is 5.82 Å². The number of aryl methyl sites for hydroxylation is 1. The first-order valence-corrected chi connectivity index (χ1v) is 5.84. The van der Waals surface area contributed by atoms with Crippen LogP contribution in [0.1, 0.15) is 5.56 Å². The van der Waals surface area contributed by atoms with Crippen LogP contribution >= 0.6 is 0 Å². The van der Waals surface area contributed by atoms with Crippen LogP contribution in [-0.2, 0) is 6.54 Å². The molecule has 0 aliphatic carbocycles. The van der Waals surface area contributed by atoms with Crippen LogP contribution in [0, 0.1) is 6.92 Å². The van der Waals surface area contributed by atoms with Crippen LogP contribution in [0.2, 0.25) is 0 Å². The summed E-state index contributed by atoms with van der Waals surface area (Å²) in [4.78, 5) is 7.80. The van der Waals surface area contributed by atoms with Crippen molar-refractivity contribution in [3.05, 3.63) is 30.0 Å². The van der Waals surface area contributed by atoms with Crippen molar-refractivity contribution in [1.82, 2.24) is 25.0 Å². The van der Waals surface area contributed by atoms with Gasteiger partial charge in [0.25, 0.3) is 0 Å². The topological polar surface area (TPSA) is 85.4 Å². The molecule has 2 heterocycles. The lowest BCUT2D eigenvalue weighted by Crippen LogP contribution is -2.10. The molecule has 18 heavy (non-hydrogen) atoms. The van der Waals surface area contributed by atoms with Gasteiger partial charge < -0.3 is 10.7 Å². The molecule has 1 aromatic carbocycles. The van der Waals surface area contributed by atoms with E-state index in [9.17, 15) is 0 Å². The van der Waals surface area contributed by atoms with Crippen molar-refractivity contribution in [3.8, 4) is 11.5 Å². The van der Waals surface area contributed by atoms with E-state index in [1.165, 1.54) is 0 Å². The van der Waals surface area contributed by atoms with Crippen molar-refractivity contribution in [2.24, 2.45) is 5.73 Å². The molecule has 0 aliphatic rings. The Morgan fingerprint density at radius 2 is 2.28 bits per heavy atom. The van der Waals surface area contributed by atoms with E-state index in [-0.39, 0.29) is 0 Å². The van der Waals surface area contributed by atoms with Gasteiger partial charge in [-0.15, -0.1) is 5.10 Å². The number of nitrogens with one attached hydrogen (secondary N) is 1. The van der Waals surface area contributed by atoms with Gasteiger partial charge in [-0.25, -0.2) is 4.98 Å². The quantitative estimate of drug-likeness (QED) is 0.720. The Bertz CT molecular complexity index is 681. The molecule has 0 saturated carbocycles. The fourth-order valence-electron chi connectivity index (χ4n) is 1.95. The van der Waals surface area contributed by atoms with E-state index in [2.05, 4.69) is 20.3 Å². The van der Waals surface area contributed by atoms with Crippen LogP contribution in [0.15, 0.2) is 24.4 Å². The number of nitrogens with zero attached hydrogens (tertiary/aromatic N) is 4. The average molecular weight is 242 g/mol. The zero-order valence-electron chi connectivity index (χ0n) is 10.1. The van der Waals surface area contributed by atoms with Gasteiger partial charge in [0, 0.05) is 6.54 Å². The van der Waals surface area contributed by atoms with Crippen LogP contribution in [0.5, 0.6) is 0 Å². The highest BCUT2D eigenvalue weighted by Gasteiger charge is 2.10. The monoisotopic (exact) mass is 242 g/mol. The highest BCUT2D eigenvalue weighted by Crippen LogP contribution is 2.20. The molecule has 0 amide bonds. The molecule has 6 nitrogen and oxygen atoms in total. The second-order valence-corrected chi connectivity index (χ2v) is 4.21. The third-order valence-corrected chi connectivity index (χ3v) is 2.85.